The van der Waals surface area contributed by atoms with Crippen LogP contribution in [-0.4, -0.2) is 53.5 Å². The number of piperazine rings is 1. The van der Waals surface area contributed by atoms with Crippen LogP contribution >= 0.6 is 12.6 Å². The minimum atomic E-state index is 0.0896. The van der Waals surface area contributed by atoms with Gasteiger partial charge >= 0.3 is 0 Å². The zero-order valence-electron chi connectivity index (χ0n) is 11.2. The summed E-state index contributed by atoms with van der Waals surface area (Å²) in [6, 6.07) is 0. The average molecular weight is 272 g/mol. The molecule has 0 unspecified atom stereocenters. The molecule has 0 spiro atoms. The van der Waals surface area contributed by atoms with Gasteiger partial charge in [0.15, 0.2) is 0 Å². The molecule has 1 saturated heterocycles. The number of carbonyl (C=O) groups excluding carboxylic acids is 2. The van der Waals surface area contributed by atoms with Gasteiger partial charge in [-0.15, -0.1) is 0 Å². The number of rotatable bonds is 8. The van der Waals surface area contributed by atoms with Crippen LogP contribution in [0.25, 0.3) is 0 Å². The monoisotopic (exact) mass is 272 g/mol. The van der Waals surface area contributed by atoms with Crippen molar-refractivity contribution < 1.29 is 9.59 Å². The van der Waals surface area contributed by atoms with E-state index in [1.165, 1.54) is 0 Å². The molecule has 0 aliphatic carbocycles. The molecule has 1 aliphatic rings. The van der Waals surface area contributed by atoms with Gasteiger partial charge < -0.3 is 9.80 Å². The normalized spacial score (nSPS) is 16.6. The highest BCUT2D eigenvalue weighted by Gasteiger charge is 2.28. The summed E-state index contributed by atoms with van der Waals surface area (Å²) < 4.78 is 0. The Hall–Kier alpha value is -0.710. The Balaban J connectivity index is 2.27. The molecule has 5 heteroatoms. The van der Waals surface area contributed by atoms with Crippen LogP contribution in [0.15, 0.2) is 0 Å². The van der Waals surface area contributed by atoms with Gasteiger partial charge in [0.05, 0.1) is 13.1 Å². The van der Waals surface area contributed by atoms with Crippen molar-refractivity contribution in [2.75, 3.05) is 31.9 Å². The molecule has 0 saturated carbocycles. The number of hydrogen-bond acceptors (Lipinski definition) is 3. The fourth-order valence-electron chi connectivity index (χ4n) is 2.15. The molecule has 2 amide bonds. The fraction of sp³-hybridized carbons (Fsp3) is 0.846. The third kappa shape index (κ3) is 4.88. The van der Waals surface area contributed by atoms with Crippen molar-refractivity contribution in [2.45, 2.75) is 39.0 Å². The lowest BCUT2D eigenvalue weighted by atomic mass is 10.2. The lowest BCUT2D eigenvalue weighted by molar-refractivity contribution is -0.150. The number of unbranched alkanes of at least 4 members (excludes halogenated alkanes) is 3. The van der Waals surface area contributed by atoms with Crippen LogP contribution in [0.4, 0.5) is 0 Å². The predicted molar refractivity (Wildman–Crippen MR) is 75.8 cm³/mol. The van der Waals surface area contributed by atoms with E-state index < -0.39 is 0 Å². The third-order valence-electron chi connectivity index (χ3n) is 3.19. The first-order chi connectivity index (χ1) is 8.69. The summed E-state index contributed by atoms with van der Waals surface area (Å²) in [6.45, 7) is 3.97. The smallest absolute Gasteiger partial charge is 0.242 e. The van der Waals surface area contributed by atoms with Gasteiger partial charge in [0.1, 0.15) is 0 Å². The van der Waals surface area contributed by atoms with Crippen molar-refractivity contribution in [1.29, 1.82) is 0 Å². The molecule has 0 aromatic rings. The number of hydrogen-bond donors (Lipinski definition) is 1. The molecule has 1 fully saturated rings. The molecule has 0 bridgehead atoms. The largest absolute Gasteiger partial charge is 0.332 e. The Labute approximate surface area is 115 Å². The van der Waals surface area contributed by atoms with Crippen LogP contribution in [0.3, 0.4) is 0 Å². The molecule has 4 nitrogen and oxygen atoms in total. The van der Waals surface area contributed by atoms with Crippen molar-refractivity contribution in [3.63, 3.8) is 0 Å². The molecule has 0 radical (unpaired) electrons. The molecular weight excluding hydrogens is 248 g/mol. The van der Waals surface area contributed by atoms with Crippen molar-refractivity contribution in [3.05, 3.63) is 0 Å². The lowest BCUT2D eigenvalue weighted by Gasteiger charge is -2.33. The van der Waals surface area contributed by atoms with Gasteiger partial charge in [0.2, 0.25) is 11.8 Å². The molecule has 104 valence electrons. The van der Waals surface area contributed by atoms with Gasteiger partial charge in [-0.25, -0.2) is 0 Å². The Kier molecular flexibility index (Phi) is 7.16. The standard InChI is InChI=1S/C13H24N2O2S/c1-2-7-14-10-13(17)15(11-12(14)16)8-5-3-4-6-9-18/h18H,2-11H2,1H3. The summed E-state index contributed by atoms with van der Waals surface area (Å²) in [5, 5.41) is 0. The van der Waals surface area contributed by atoms with E-state index in [-0.39, 0.29) is 24.9 Å². The van der Waals surface area contributed by atoms with E-state index in [2.05, 4.69) is 12.6 Å². The van der Waals surface area contributed by atoms with Crippen LogP contribution in [0.5, 0.6) is 0 Å². The number of nitrogens with zero attached hydrogens (tertiary/aromatic N) is 2. The Morgan fingerprint density at radius 2 is 1.50 bits per heavy atom. The second kappa shape index (κ2) is 8.40. The van der Waals surface area contributed by atoms with Crippen molar-refractivity contribution >= 4 is 24.4 Å². The summed E-state index contributed by atoms with van der Waals surface area (Å²) in [7, 11) is 0. The first-order valence-electron chi connectivity index (χ1n) is 6.85. The Morgan fingerprint density at radius 3 is 2.06 bits per heavy atom. The molecule has 18 heavy (non-hydrogen) atoms. The van der Waals surface area contributed by atoms with Crippen molar-refractivity contribution in [3.8, 4) is 0 Å². The van der Waals surface area contributed by atoms with Crippen LogP contribution < -0.4 is 0 Å². The van der Waals surface area contributed by atoms with Gasteiger partial charge in [-0.2, -0.15) is 12.6 Å². The SMILES string of the molecule is CCCN1CC(=O)N(CCCCCCS)CC1=O. The molecule has 1 rings (SSSR count). The van der Waals surface area contributed by atoms with Gasteiger partial charge in [-0.1, -0.05) is 19.8 Å². The summed E-state index contributed by atoms with van der Waals surface area (Å²) in [4.78, 5) is 27.0. The van der Waals surface area contributed by atoms with E-state index in [0.29, 0.717) is 6.54 Å². The summed E-state index contributed by atoms with van der Waals surface area (Å²) >= 11 is 4.17. The average Bonchev–Trinajstić information content (AvgIpc) is 2.35. The van der Waals surface area contributed by atoms with E-state index in [4.69, 9.17) is 0 Å². The zero-order valence-corrected chi connectivity index (χ0v) is 12.1. The van der Waals surface area contributed by atoms with E-state index in [0.717, 1.165) is 44.4 Å². The maximum Gasteiger partial charge on any atom is 0.242 e. The second-order valence-electron chi connectivity index (χ2n) is 4.77. The Bertz CT molecular complexity index is 284. The number of carbonyl (C=O) groups is 2. The summed E-state index contributed by atoms with van der Waals surface area (Å²) in [5.74, 6) is 1.11. The molecule has 0 aromatic heterocycles. The van der Waals surface area contributed by atoms with Crippen LogP contribution in [-0.2, 0) is 9.59 Å². The van der Waals surface area contributed by atoms with E-state index >= 15 is 0 Å². The van der Waals surface area contributed by atoms with E-state index in [1.807, 2.05) is 6.92 Å². The first-order valence-corrected chi connectivity index (χ1v) is 7.48. The second-order valence-corrected chi connectivity index (χ2v) is 5.22. The minimum Gasteiger partial charge on any atom is -0.332 e. The highest BCUT2D eigenvalue weighted by molar-refractivity contribution is 7.80. The maximum atomic E-state index is 11.9. The minimum absolute atomic E-state index is 0.0896. The molecule has 1 aliphatic heterocycles. The third-order valence-corrected chi connectivity index (χ3v) is 3.50. The van der Waals surface area contributed by atoms with Crippen molar-refractivity contribution in [2.24, 2.45) is 0 Å². The molecule has 0 atom stereocenters. The molecule has 0 aromatic carbocycles. The topological polar surface area (TPSA) is 40.6 Å². The number of amides is 2. The van der Waals surface area contributed by atoms with Crippen LogP contribution in [0.2, 0.25) is 0 Å². The van der Waals surface area contributed by atoms with E-state index in [1.54, 1.807) is 9.80 Å². The Morgan fingerprint density at radius 1 is 0.944 bits per heavy atom. The van der Waals surface area contributed by atoms with Crippen molar-refractivity contribution in [1.82, 2.24) is 9.80 Å². The maximum absolute atomic E-state index is 11.9. The highest BCUT2D eigenvalue weighted by atomic mass is 32.1. The summed E-state index contributed by atoms with van der Waals surface area (Å²) in [5.41, 5.74) is 0. The zero-order chi connectivity index (χ0) is 13.4. The fourth-order valence-corrected chi connectivity index (χ4v) is 2.37. The van der Waals surface area contributed by atoms with Gasteiger partial charge in [-0.05, 0) is 25.0 Å². The predicted octanol–water partition coefficient (Wildman–Crippen LogP) is 1.56. The van der Waals surface area contributed by atoms with Gasteiger partial charge in [0, 0.05) is 13.1 Å². The molecule has 1 heterocycles. The lowest BCUT2D eigenvalue weighted by Crippen LogP contribution is -2.53. The van der Waals surface area contributed by atoms with Crippen LogP contribution in [0, 0.1) is 0 Å². The quantitative estimate of drug-likeness (QED) is 0.538. The van der Waals surface area contributed by atoms with E-state index in [9.17, 15) is 9.59 Å². The molecular formula is C13H24N2O2S. The highest BCUT2D eigenvalue weighted by Crippen LogP contribution is 2.08. The van der Waals surface area contributed by atoms with Gasteiger partial charge in [-0.3, -0.25) is 9.59 Å². The van der Waals surface area contributed by atoms with Gasteiger partial charge in [0.25, 0.3) is 0 Å². The first kappa shape index (κ1) is 15.3. The molecule has 0 N–H and O–H groups in total. The summed E-state index contributed by atoms with van der Waals surface area (Å²) in [6.07, 6.45) is 5.28. The van der Waals surface area contributed by atoms with Crippen LogP contribution in [0.1, 0.15) is 39.0 Å². The number of thiol groups is 1.